The van der Waals surface area contributed by atoms with Crippen molar-refractivity contribution in [2.24, 2.45) is 4.99 Å². The summed E-state index contributed by atoms with van der Waals surface area (Å²) >= 11 is 3.54. The fourth-order valence-corrected chi connectivity index (χ4v) is 3.62. The van der Waals surface area contributed by atoms with E-state index in [0.717, 1.165) is 82.2 Å². The van der Waals surface area contributed by atoms with Crippen LogP contribution in [0.15, 0.2) is 33.7 Å². The monoisotopic (exact) mass is 439 g/mol. The summed E-state index contributed by atoms with van der Waals surface area (Å²) in [5.41, 5.74) is 1.40. The fraction of sp³-hybridized carbons (Fsp3) is 0.667. The van der Waals surface area contributed by atoms with Crippen LogP contribution in [-0.2, 0) is 14.9 Å². The molecule has 152 valence electrons. The molecular formula is C21H34BrN3O2. The van der Waals surface area contributed by atoms with Gasteiger partial charge in [-0.05, 0) is 57.2 Å². The van der Waals surface area contributed by atoms with E-state index < -0.39 is 0 Å². The number of halogens is 1. The van der Waals surface area contributed by atoms with Crippen molar-refractivity contribution >= 4 is 21.9 Å². The van der Waals surface area contributed by atoms with Crippen molar-refractivity contribution in [2.75, 3.05) is 46.1 Å². The van der Waals surface area contributed by atoms with Crippen LogP contribution in [0.5, 0.6) is 0 Å². The number of hydrogen-bond acceptors (Lipinski definition) is 3. The van der Waals surface area contributed by atoms with E-state index in [1.165, 1.54) is 5.56 Å². The number of benzene rings is 1. The van der Waals surface area contributed by atoms with Crippen LogP contribution in [0, 0.1) is 0 Å². The lowest BCUT2D eigenvalue weighted by Crippen LogP contribution is -2.41. The number of guanidine groups is 1. The largest absolute Gasteiger partial charge is 0.382 e. The maximum Gasteiger partial charge on any atom is 0.191 e. The average molecular weight is 440 g/mol. The van der Waals surface area contributed by atoms with E-state index in [1.54, 1.807) is 0 Å². The van der Waals surface area contributed by atoms with E-state index in [1.807, 2.05) is 6.92 Å². The summed E-state index contributed by atoms with van der Waals surface area (Å²) in [6.45, 7) is 9.90. The summed E-state index contributed by atoms with van der Waals surface area (Å²) in [4.78, 5) is 4.94. The van der Waals surface area contributed by atoms with Gasteiger partial charge in [0, 0.05) is 49.4 Å². The Morgan fingerprint density at radius 3 is 2.56 bits per heavy atom. The van der Waals surface area contributed by atoms with Gasteiger partial charge in [-0.3, -0.25) is 4.99 Å². The molecule has 0 aromatic heterocycles. The van der Waals surface area contributed by atoms with Gasteiger partial charge in [0.05, 0.1) is 6.54 Å². The van der Waals surface area contributed by atoms with Crippen LogP contribution in [0.2, 0.25) is 0 Å². The first-order valence-corrected chi connectivity index (χ1v) is 10.9. The normalized spacial score (nSPS) is 16.9. The Bertz CT molecular complexity index is 557. The van der Waals surface area contributed by atoms with Crippen molar-refractivity contribution in [3.63, 3.8) is 0 Å². The molecule has 1 aromatic rings. The minimum absolute atomic E-state index is 0.0519. The zero-order chi connectivity index (χ0) is 19.4. The molecule has 2 N–H and O–H groups in total. The summed E-state index contributed by atoms with van der Waals surface area (Å²) in [6.07, 6.45) is 4.16. The summed E-state index contributed by atoms with van der Waals surface area (Å²) in [6, 6.07) is 8.69. The zero-order valence-corrected chi connectivity index (χ0v) is 18.3. The smallest absolute Gasteiger partial charge is 0.191 e. The molecule has 0 bridgehead atoms. The molecule has 0 aliphatic carbocycles. The van der Waals surface area contributed by atoms with E-state index in [0.29, 0.717) is 0 Å². The number of ether oxygens (including phenoxy) is 2. The van der Waals surface area contributed by atoms with Gasteiger partial charge in [-0.25, -0.2) is 0 Å². The SMILES string of the molecule is CCNC(=NCC1(c2ccc(Br)cc2)CCOCC1)NCCCCOCC. The fourth-order valence-electron chi connectivity index (χ4n) is 3.36. The van der Waals surface area contributed by atoms with Gasteiger partial charge < -0.3 is 20.1 Å². The molecule has 0 saturated carbocycles. The molecule has 5 nitrogen and oxygen atoms in total. The van der Waals surface area contributed by atoms with Crippen LogP contribution >= 0.6 is 15.9 Å². The van der Waals surface area contributed by atoms with Crippen molar-refractivity contribution in [3.05, 3.63) is 34.3 Å². The topological polar surface area (TPSA) is 54.9 Å². The summed E-state index contributed by atoms with van der Waals surface area (Å²) in [7, 11) is 0. The highest BCUT2D eigenvalue weighted by Gasteiger charge is 2.34. The minimum Gasteiger partial charge on any atom is -0.382 e. The summed E-state index contributed by atoms with van der Waals surface area (Å²) < 4.78 is 12.1. The first-order chi connectivity index (χ1) is 13.2. The van der Waals surface area contributed by atoms with E-state index in [4.69, 9.17) is 14.5 Å². The lowest BCUT2D eigenvalue weighted by molar-refractivity contribution is 0.0531. The predicted octanol–water partition coefficient (Wildman–Crippen LogP) is 3.87. The second-order valence-electron chi connectivity index (χ2n) is 6.93. The van der Waals surface area contributed by atoms with Crippen molar-refractivity contribution < 1.29 is 9.47 Å². The molecule has 0 amide bonds. The van der Waals surface area contributed by atoms with Crippen LogP contribution in [0.1, 0.15) is 45.1 Å². The highest BCUT2D eigenvalue weighted by atomic mass is 79.9. The van der Waals surface area contributed by atoms with Gasteiger partial charge in [0.25, 0.3) is 0 Å². The van der Waals surface area contributed by atoms with Gasteiger partial charge in [0.1, 0.15) is 0 Å². The number of unbranched alkanes of at least 4 members (excludes halogenated alkanes) is 1. The number of aliphatic imine (C=N–C) groups is 1. The van der Waals surface area contributed by atoms with E-state index in [2.05, 4.69) is 57.8 Å². The third-order valence-corrected chi connectivity index (χ3v) is 5.53. The molecule has 0 radical (unpaired) electrons. The molecule has 0 atom stereocenters. The highest BCUT2D eigenvalue weighted by Crippen LogP contribution is 2.35. The van der Waals surface area contributed by atoms with E-state index in [9.17, 15) is 0 Å². The van der Waals surface area contributed by atoms with Gasteiger partial charge >= 0.3 is 0 Å². The molecule has 1 aromatic carbocycles. The number of nitrogens with one attached hydrogen (secondary N) is 2. The lowest BCUT2D eigenvalue weighted by Gasteiger charge is -2.36. The van der Waals surface area contributed by atoms with Crippen molar-refractivity contribution in [1.29, 1.82) is 0 Å². The Labute approximate surface area is 172 Å². The third-order valence-electron chi connectivity index (χ3n) is 5.00. The molecule has 0 spiro atoms. The molecule has 27 heavy (non-hydrogen) atoms. The molecule has 6 heteroatoms. The molecule has 1 saturated heterocycles. The minimum atomic E-state index is 0.0519. The van der Waals surface area contributed by atoms with Crippen molar-refractivity contribution in [1.82, 2.24) is 10.6 Å². The third kappa shape index (κ3) is 7.43. The molecule has 1 heterocycles. The summed E-state index contributed by atoms with van der Waals surface area (Å²) in [5.74, 6) is 0.900. The zero-order valence-electron chi connectivity index (χ0n) is 16.7. The highest BCUT2D eigenvalue weighted by molar-refractivity contribution is 9.10. The Hall–Kier alpha value is -1.11. The van der Waals surface area contributed by atoms with Crippen molar-refractivity contribution in [2.45, 2.75) is 44.9 Å². The molecule has 2 rings (SSSR count). The predicted molar refractivity (Wildman–Crippen MR) is 116 cm³/mol. The van der Waals surface area contributed by atoms with Gasteiger partial charge in [0.15, 0.2) is 5.96 Å². The maximum absolute atomic E-state index is 5.64. The second-order valence-corrected chi connectivity index (χ2v) is 7.84. The van der Waals surface area contributed by atoms with Crippen LogP contribution in [0.4, 0.5) is 0 Å². The van der Waals surface area contributed by atoms with Gasteiger partial charge in [-0.15, -0.1) is 0 Å². The molecule has 0 unspecified atom stereocenters. The number of rotatable bonds is 10. The van der Waals surface area contributed by atoms with E-state index in [-0.39, 0.29) is 5.41 Å². The first-order valence-electron chi connectivity index (χ1n) is 10.1. The van der Waals surface area contributed by atoms with Crippen LogP contribution in [0.3, 0.4) is 0 Å². The molecular weight excluding hydrogens is 406 g/mol. The average Bonchev–Trinajstić information content (AvgIpc) is 2.70. The lowest BCUT2D eigenvalue weighted by atomic mass is 9.74. The van der Waals surface area contributed by atoms with E-state index >= 15 is 0 Å². The second kappa shape index (κ2) is 12.4. The number of hydrogen-bond donors (Lipinski definition) is 2. The van der Waals surface area contributed by atoms with Crippen LogP contribution < -0.4 is 10.6 Å². The Morgan fingerprint density at radius 2 is 1.89 bits per heavy atom. The van der Waals surface area contributed by atoms with Crippen LogP contribution in [0.25, 0.3) is 0 Å². The van der Waals surface area contributed by atoms with Gasteiger partial charge in [-0.1, -0.05) is 28.1 Å². The summed E-state index contributed by atoms with van der Waals surface area (Å²) in [5, 5.41) is 6.83. The number of nitrogens with zero attached hydrogens (tertiary/aromatic N) is 1. The Balaban J connectivity index is 1.99. The van der Waals surface area contributed by atoms with Crippen LogP contribution in [-0.4, -0.2) is 52.0 Å². The Morgan fingerprint density at radius 1 is 1.15 bits per heavy atom. The molecule has 1 aliphatic rings. The Kier molecular flexibility index (Phi) is 10.2. The van der Waals surface area contributed by atoms with Gasteiger partial charge in [-0.2, -0.15) is 0 Å². The standard InChI is InChI=1S/C21H34BrN3O2/c1-3-23-20(24-13-5-6-14-26-4-2)25-17-21(11-15-27-16-12-21)18-7-9-19(22)10-8-18/h7-10H,3-6,11-17H2,1-2H3,(H2,23,24,25). The first kappa shape index (κ1) is 22.2. The quantitative estimate of drug-likeness (QED) is 0.330. The maximum atomic E-state index is 5.64. The molecule has 1 fully saturated rings. The van der Waals surface area contributed by atoms with Crippen molar-refractivity contribution in [3.8, 4) is 0 Å². The molecule has 1 aliphatic heterocycles. The van der Waals surface area contributed by atoms with Gasteiger partial charge in [0.2, 0.25) is 0 Å².